The Kier molecular flexibility index (Phi) is 4.41. The fraction of sp³-hybridized carbons (Fsp3) is 0.235. The van der Waals surface area contributed by atoms with Crippen molar-refractivity contribution in [3.8, 4) is 6.07 Å². The molecule has 0 saturated heterocycles. The molecule has 0 N–H and O–H groups in total. The lowest BCUT2D eigenvalue weighted by Crippen LogP contribution is -2.32. The van der Waals surface area contributed by atoms with Crippen molar-refractivity contribution in [2.45, 2.75) is 20.5 Å². The Labute approximate surface area is 147 Å². The smallest absolute Gasteiger partial charge is 0.361 e. The molecule has 0 amide bonds. The largest absolute Gasteiger partial charge is 0.461 e. The van der Waals surface area contributed by atoms with Crippen molar-refractivity contribution < 1.29 is 24.0 Å². The Bertz CT molecular complexity index is 1080. The van der Waals surface area contributed by atoms with Crippen LogP contribution in [0.3, 0.4) is 0 Å². The molecule has 0 bridgehead atoms. The van der Waals surface area contributed by atoms with E-state index < -0.39 is 17.7 Å². The predicted molar refractivity (Wildman–Crippen MR) is 87.7 cm³/mol. The number of nitriles is 1. The summed E-state index contributed by atoms with van der Waals surface area (Å²) in [4.78, 5) is 27.6. The van der Waals surface area contributed by atoms with Gasteiger partial charge in [0.1, 0.15) is 12.7 Å². The van der Waals surface area contributed by atoms with Gasteiger partial charge in [-0.2, -0.15) is 5.26 Å². The Hall–Kier alpha value is -3.67. The highest BCUT2D eigenvalue weighted by Gasteiger charge is 2.30. The second-order valence-electron chi connectivity index (χ2n) is 5.47. The lowest BCUT2D eigenvalue weighted by molar-refractivity contribution is -0.763. The highest BCUT2D eigenvalue weighted by Crippen LogP contribution is 2.21. The third-order valence-electron chi connectivity index (χ3n) is 4.02. The van der Waals surface area contributed by atoms with Crippen molar-refractivity contribution in [1.82, 2.24) is 4.52 Å². The van der Waals surface area contributed by atoms with Gasteiger partial charge in [-0.05, 0) is 19.9 Å². The monoisotopic (exact) mass is 355 g/mol. The van der Waals surface area contributed by atoms with Crippen molar-refractivity contribution >= 4 is 16.9 Å². The summed E-state index contributed by atoms with van der Waals surface area (Å²) in [6, 6.07) is 9.37. The van der Waals surface area contributed by atoms with E-state index in [-0.39, 0.29) is 17.9 Å². The molecule has 2 aromatic heterocycles. The molecule has 2 heterocycles. The molecule has 3 aromatic rings. The van der Waals surface area contributed by atoms with Gasteiger partial charge in [-0.25, -0.2) is 4.79 Å². The van der Waals surface area contributed by atoms with Crippen molar-refractivity contribution in [1.29, 1.82) is 5.26 Å². The molecule has 0 aliphatic rings. The molecule has 0 spiro atoms. The topological polar surface area (TPSA) is 111 Å². The van der Waals surface area contributed by atoms with Crippen molar-refractivity contribution in [3.63, 3.8) is 0 Å². The standard InChI is InChI=1S/C17H15N4O5/c1-3-25-17(22)16-12(10-26-21(23)24)9-19-15-7-5-4-6-13(15)14(8-18)11(2)20(16)19/h4-7,9H,3,10H2,1-2H3/q+1. The third kappa shape index (κ3) is 2.67. The molecule has 9 nitrogen and oxygen atoms in total. The van der Waals surface area contributed by atoms with E-state index in [4.69, 9.17) is 4.74 Å². The molecule has 1 aromatic carbocycles. The summed E-state index contributed by atoms with van der Waals surface area (Å²) in [7, 11) is 0. The Morgan fingerprint density at radius 3 is 2.81 bits per heavy atom. The Morgan fingerprint density at radius 1 is 1.42 bits per heavy atom. The molecule has 0 atom stereocenters. The van der Waals surface area contributed by atoms with E-state index in [0.717, 1.165) is 0 Å². The number of para-hydroxylation sites is 1. The van der Waals surface area contributed by atoms with E-state index in [1.165, 1.54) is 4.52 Å². The molecular formula is C17H15N4O5+. The number of rotatable bonds is 5. The van der Waals surface area contributed by atoms with Gasteiger partial charge in [-0.1, -0.05) is 16.6 Å². The van der Waals surface area contributed by atoms with Crippen LogP contribution in [-0.2, 0) is 16.2 Å². The summed E-state index contributed by atoms with van der Waals surface area (Å²) in [5, 5.41) is 20.0. The second kappa shape index (κ2) is 6.68. The van der Waals surface area contributed by atoms with Crippen LogP contribution in [0.4, 0.5) is 0 Å². The number of ether oxygens (including phenoxy) is 1. The summed E-state index contributed by atoms with van der Waals surface area (Å²) in [6.45, 7) is 3.10. The summed E-state index contributed by atoms with van der Waals surface area (Å²) in [5.41, 5.74) is 1.97. The summed E-state index contributed by atoms with van der Waals surface area (Å²) >= 11 is 0. The first-order chi connectivity index (χ1) is 12.5. The lowest BCUT2D eigenvalue weighted by atomic mass is 10.1. The van der Waals surface area contributed by atoms with Crippen LogP contribution in [0.5, 0.6) is 0 Å². The van der Waals surface area contributed by atoms with Gasteiger partial charge in [0.15, 0.2) is 0 Å². The van der Waals surface area contributed by atoms with Crippen molar-refractivity contribution in [2.24, 2.45) is 0 Å². The zero-order valence-corrected chi connectivity index (χ0v) is 14.1. The second-order valence-corrected chi connectivity index (χ2v) is 5.47. The highest BCUT2D eigenvalue weighted by atomic mass is 16.9. The minimum absolute atomic E-state index is 0.0912. The van der Waals surface area contributed by atoms with E-state index in [9.17, 15) is 20.2 Å². The number of aryl methyl sites for hydroxylation is 1. The van der Waals surface area contributed by atoms with Gasteiger partial charge in [0.2, 0.25) is 17.4 Å². The maximum Gasteiger partial charge on any atom is 0.361 e. The normalized spacial score (nSPS) is 10.7. The molecule has 0 radical (unpaired) electrons. The molecule has 0 saturated carbocycles. The molecule has 0 aliphatic carbocycles. The van der Waals surface area contributed by atoms with Crippen LogP contribution in [0.2, 0.25) is 0 Å². The van der Waals surface area contributed by atoms with Crippen molar-refractivity contribution in [3.05, 3.63) is 63.1 Å². The number of carbonyl (C=O) groups is 1. The van der Waals surface area contributed by atoms with Gasteiger partial charge in [0.05, 0.1) is 28.8 Å². The molecule has 0 aliphatic heterocycles. The number of aromatic nitrogens is 2. The molecule has 132 valence electrons. The van der Waals surface area contributed by atoms with Crippen LogP contribution < -0.4 is 4.52 Å². The van der Waals surface area contributed by atoms with Gasteiger partial charge in [0, 0.05) is 6.07 Å². The molecule has 9 heteroatoms. The van der Waals surface area contributed by atoms with E-state index in [1.54, 1.807) is 42.8 Å². The van der Waals surface area contributed by atoms with Gasteiger partial charge in [-0.15, -0.1) is 14.6 Å². The molecule has 26 heavy (non-hydrogen) atoms. The molecular weight excluding hydrogens is 340 g/mol. The van der Waals surface area contributed by atoms with E-state index in [1.807, 2.05) is 6.07 Å². The number of carbonyl (C=O) groups excluding carboxylic acids is 1. The maximum absolute atomic E-state index is 12.5. The SMILES string of the molecule is CCOC(=O)c1c(CO[N+](=O)[O-])c[n+]2c3ccccc3c(C#N)c(C)n12. The summed E-state index contributed by atoms with van der Waals surface area (Å²) in [6.07, 6.45) is 1.58. The van der Waals surface area contributed by atoms with Crippen molar-refractivity contribution in [2.75, 3.05) is 6.61 Å². The van der Waals surface area contributed by atoms with E-state index in [2.05, 4.69) is 10.9 Å². The fourth-order valence-electron chi connectivity index (χ4n) is 2.99. The number of fused-ring (bicyclic) bond motifs is 3. The summed E-state index contributed by atoms with van der Waals surface area (Å²) in [5.74, 6) is -0.649. The van der Waals surface area contributed by atoms with Gasteiger partial charge >= 0.3 is 5.97 Å². The molecule has 0 unspecified atom stereocenters. The average Bonchev–Trinajstić information content (AvgIpc) is 3.01. The minimum Gasteiger partial charge on any atom is -0.461 e. The first-order valence-corrected chi connectivity index (χ1v) is 7.81. The highest BCUT2D eigenvalue weighted by molar-refractivity contribution is 5.90. The maximum atomic E-state index is 12.5. The fourth-order valence-corrected chi connectivity index (χ4v) is 2.99. The number of hydrogen-bond acceptors (Lipinski definition) is 6. The first kappa shape index (κ1) is 17.2. The summed E-state index contributed by atoms with van der Waals surface area (Å²) < 4.78 is 8.29. The number of benzene rings is 1. The Morgan fingerprint density at radius 2 is 2.15 bits per heavy atom. The minimum atomic E-state index is -0.923. The van der Waals surface area contributed by atoms with Gasteiger partial charge in [-0.3, -0.25) is 0 Å². The van der Waals surface area contributed by atoms with E-state index >= 15 is 0 Å². The van der Waals surface area contributed by atoms with Crippen LogP contribution in [0.1, 0.15) is 34.2 Å². The van der Waals surface area contributed by atoms with Gasteiger partial charge < -0.3 is 9.57 Å². The quantitative estimate of drug-likeness (QED) is 0.298. The Balaban J connectivity index is 2.41. The number of esters is 1. The average molecular weight is 355 g/mol. The number of nitrogens with zero attached hydrogens (tertiary/aromatic N) is 4. The van der Waals surface area contributed by atoms with E-state index in [0.29, 0.717) is 22.2 Å². The van der Waals surface area contributed by atoms with Crippen LogP contribution >= 0.6 is 0 Å². The molecule has 3 rings (SSSR count). The van der Waals surface area contributed by atoms with Gasteiger partial charge in [0.25, 0.3) is 5.09 Å². The first-order valence-electron chi connectivity index (χ1n) is 7.81. The molecule has 0 fully saturated rings. The number of hydrogen-bond donors (Lipinski definition) is 0. The zero-order chi connectivity index (χ0) is 18.8. The van der Waals surface area contributed by atoms with Crippen LogP contribution in [0.25, 0.3) is 10.9 Å². The van der Waals surface area contributed by atoms with Crippen LogP contribution in [-0.4, -0.2) is 22.2 Å². The van der Waals surface area contributed by atoms with Crippen LogP contribution in [0.15, 0.2) is 30.5 Å². The predicted octanol–water partition coefficient (Wildman–Crippen LogP) is 1.74. The lowest BCUT2D eigenvalue weighted by Gasteiger charge is -2.06. The third-order valence-corrected chi connectivity index (χ3v) is 4.02. The zero-order valence-electron chi connectivity index (χ0n) is 14.1. The van der Waals surface area contributed by atoms with Crippen LogP contribution in [0, 0.1) is 28.4 Å².